The van der Waals surface area contributed by atoms with Gasteiger partial charge in [-0.15, -0.1) is 0 Å². The van der Waals surface area contributed by atoms with Crippen LogP contribution < -0.4 is 31.7 Å². The Morgan fingerprint density at radius 3 is 1.75 bits per heavy atom. The summed E-state index contributed by atoms with van der Waals surface area (Å²) in [4.78, 5) is 10.9. The van der Waals surface area contributed by atoms with Crippen molar-refractivity contribution in [2.75, 3.05) is 26.9 Å². The van der Waals surface area contributed by atoms with E-state index in [1.54, 1.807) is 0 Å². The van der Waals surface area contributed by atoms with Crippen molar-refractivity contribution >= 4 is 34.7 Å². The van der Waals surface area contributed by atoms with Crippen LogP contribution in [-0.2, 0) is 0 Å². The van der Waals surface area contributed by atoms with Crippen molar-refractivity contribution in [2.24, 2.45) is 15.7 Å². The summed E-state index contributed by atoms with van der Waals surface area (Å²) in [6.07, 6.45) is 0.459. The molecule has 5 rings (SSSR count). The SMILES string of the molecule is CN(C)C1=NC(c2ccc(OCCCP(F)(c3ccccc3)(c3ccccc3)c3ccccc3)cc2)N=C(N)N1. The molecule has 0 bridgehead atoms. The zero-order valence-corrected chi connectivity index (χ0v) is 23.7. The van der Waals surface area contributed by atoms with Crippen LogP contribution in [0.15, 0.2) is 125 Å². The molecule has 1 unspecified atom stereocenters. The van der Waals surface area contributed by atoms with E-state index in [0.29, 0.717) is 36.9 Å². The number of ether oxygens (including phenoxy) is 1. The third kappa shape index (κ3) is 5.30. The van der Waals surface area contributed by atoms with Crippen molar-refractivity contribution in [3.63, 3.8) is 0 Å². The molecule has 0 aromatic heterocycles. The van der Waals surface area contributed by atoms with Gasteiger partial charge < -0.3 is 0 Å². The number of hydrogen-bond acceptors (Lipinski definition) is 6. The van der Waals surface area contributed by atoms with E-state index in [2.05, 4.69) is 15.3 Å². The van der Waals surface area contributed by atoms with Crippen LogP contribution in [0.2, 0.25) is 0 Å². The molecule has 4 aromatic rings. The van der Waals surface area contributed by atoms with Crippen LogP contribution >= 0.6 is 6.91 Å². The van der Waals surface area contributed by atoms with E-state index < -0.39 is 13.1 Å². The molecule has 0 spiro atoms. The van der Waals surface area contributed by atoms with Crippen LogP contribution in [0.25, 0.3) is 0 Å². The van der Waals surface area contributed by atoms with E-state index in [-0.39, 0.29) is 0 Å². The number of rotatable bonds is 9. The molecule has 6 nitrogen and oxygen atoms in total. The van der Waals surface area contributed by atoms with E-state index in [9.17, 15) is 0 Å². The first-order valence-electron chi connectivity index (χ1n) is 13.4. The molecule has 40 heavy (non-hydrogen) atoms. The van der Waals surface area contributed by atoms with Crippen LogP contribution in [0.5, 0.6) is 5.75 Å². The Morgan fingerprint density at radius 2 is 1.27 bits per heavy atom. The fourth-order valence-electron chi connectivity index (χ4n) is 5.17. The Morgan fingerprint density at radius 1 is 0.775 bits per heavy atom. The van der Waals surface area contributed by atoms with Crippen molar-refractivity contribution in [1.29, 1.82) is 0 Å². The average molecular weight is 556 g/mol. The van der Waals surface area contributed by atoms with Gasteiger partial charge in [-0.25, -0.2) is 0 Å². The first-order chi connectivity index (χ1) is 19.4. The van der Waals surface area contributed by atoms with Crippen molar-refractivity contribution in [1.82, 2.24) is 10.2 Å². The molecule has 1 atom stereocenters. The monoisotopic (exact) mass is 555 g/mol. The molecule has 4 aromatic carbocycles. The predicted octanol–water partition coefficient (Wildman–Crippen LogP) is 4.70. The molecule has 0 saturated heterocycles. The molecule has 0 aliphatic carbocycles. The Balaban J connectivity index is 1.37. The standard InChI is InChI=1S/C32H35FN5OP/c1-38(2)32-36-30(35-31(34)37-32)25-19-21-26(22-20-25)39-23-12-24-40(33,27-13-6-3-7-14-27,28-15-8-4-9-16-28)29-17-10-5-11-18-29/h3-11,13-22,30H,12,23-24H2,1-2H3,(H3,34,35,36,37). The van der Waals surface area contributed by atoms with Crippen molar-refractivity contribution in [3.05, 3.63) is 121 Å². The van der Waals surface area contributed by atoms with Gasteiger partial charge in [-0.3, -0.25) is 0 Å². The molecule has 0 radical (unpaired) electrons. The van der Waals surface area contributed by atoms with Gasteiger partial charge in [-0.05, 0) is 0 Å². The number of nitrogens with zero attached hydrogens (tertiary/aromatic N) is 3. The molecular formula is C32H35FN5OP. The molecule has 0 saturated carbocycles. The second kappa shape index (κ2) is 11.5. The van der Waals surface area contributed by atoms with Crippen molar-refractivity contribution in [3.8, 4) is 5.75 Å². The molecule has 1 aliphatic heterocycles. The van der Waals surface area contributed by atoms with Crippen LogP contribution in [0.3, 0.4) is 0 Å². The van der Waals surface area contributed by atoms with Crippen molar-refractivity contribution < 1.29 is 8.93 Å². The number of guanidine groups is 2. The van der Waals surface area contributed by atoms with Gasteiger partial charge in [0, 0.05) is 14.1 Å². The van der Waals surface area contributed by atoms with Crippen LogP contribution in [0.1, 0.15) is 18.2 Å². The van der Waals surface area contributed by atoms with Crippen molar-refractivity contribution in [2.45, 2.75) is 12.6 Å². The molecule has 3 N–H and O–H groups in total. The zero-order chi connectivity index (χ0) is 28.0. The summed E-state index contributed by atoms with van der Waals surface area (Å²) in [5, 5.41) is 5.16. The topological polar surface area (TPSA) is 75.2 Å². The van der Waals surface area contributed by atoms with Gasteiger partial charge >= 0.3 is 222 Å². The third-order valence-electron chi connectivity index (χ3n) is 7.22. The van der Waals surface area contributed by atoms with Gasteiger partial charge in [-0.2, -0.15) is 0 Å². The summed E-state index contributed by atoms with van der Waals surface area (Å²) in [5.41, 5.74) is 6.86. The van der Waals surface area contributed by atoms with E-state index in [4.69, 9.17) is 10.5 Å². The quantitative estimate of drug-likeness (QED) is 0.232. The number of nitrogens with two attached hydrogens (primary N) is 1. The van der Waals surface area contributed by atoms with Gasteiger partial charge in [-0.1, -0.05) is 0 Å². The molecule has 8 heteroatoms. The van der Waals surface area contributed by atoms with Gasteiger partial charge in [0.25, 0.3) is 0 Å². The van der Waals surface area contributed by atoms with Gasteiger partial charge in [0.15, 0.2) is 0 Å². The zero-order valence-electron chi connectivity index (χ0n) is 22.8. The predicted molar refractivity (Wildman–Crippen MR) is 166 cm³/mol. The second-order valence-electron chi connectivity index (χ2n) is 10.0. The summed E-state index contributed by atoms with van der Waals surface area (Å²) < 4.78 is 24.6. The molecular weight excluding hydrogens is 520 g/mol. The molecule has 1 heterocycles. The normalized spacial score (nSPS) is 16.1. The van der Waals surface area contributed by atoms with Crippen LogP contribution in [0.4, 0.5) is 4.20 Å². The van der Waals surface area contributed by atoms with E-state index >= 15 is 4.20 Å². The number of aliphatic imine (C=N–C) groups is 2. The number of hydrogen-bond donors (Lipinski definition) is 2. The summed E-state index contributed by atoms with van der Waals surface area (Å²) in [6, 6.07) is 36.6. The Bertz CT molecular complexity index is 1380. The first-order valence-corrected chi connectivity index (χ1v) is 15.7. The Labute approximate surface area is 235 Å². The number of benzene rings is 4. The fraction of sp³-hybridized carbons (Fsp3) is 0.188. The van der Waals surface area contributed by atoms with Gasteiger partial charge in [0.1, 0.15) is 0 Å². The Hall–Kier alpha value is -4.22. The van der Waals surface area contributed by atoms with E-state index in [0.717, 1.165) is 21.5 Å². The minimum atomic E-state index is -4.26. The molecule has 0 fully saturated rings. The fourth-order valence-corrected chi connectivity index (χ4v) is 9.94. The molecule has 206 valence electrons. The summed E-state index contributed by atoms with van der Waals surface area (Å²) in [6.45, 7) is -3.88. The summed E-state index contributed by atoms with van der Waals surface area (Å²) >= 11 is 0. The van der Waals surface area contributed by atoms with E-state index in [1.165, 1.54) is 0 Å². The first kappa shape index (κ1) is 27.4. The minimum absolute atomic E-state index is 0.326. The van der Waals surface area contributed by atoms with Gasteiger partial charge in [0.05, 0.1) is 0 Å². The van der Waals surface area contributed by atoms with Gasteiger partial charge in [0.2, 0.25) is 0 Å². The number of halogens is 1. The Kier molecular flexibility index (Phi) is 7.85. The molecule has 1 aliphatic rings. The maximum absolute atomic E-state index is 18.5. The molecule has 0 amide bonds. The average Bonchev–Trinajstić information content (AvgIpc) is 3.00. The van der Waals surface area contributed by atoms with Crippen LogP contribution in [-0.4, -0.2) is 43.7 Å². The number of nitrogens with one attached hydrogen (secondary N) is 1. The second-order valence-corrected chi connectivity index (χ2v) is 14.4. The summed E-state index contributed by atoms with van der Waals surface area (Å²) in [7, 11) is 3.79. The third-order valence-corrected chi connectivity index (χ3v) is 12.5. The van der Waals surface area contributed by atoms with Crippen LogP contribution in [0, 0.1) is 0 Å². The maximum atomic E-state index is 18.5. The van der Waals surface area contributed by atoms with E-state index in [1.807, 2.05) is 134 Å². The summed E-state index contributed by atoms with van der Waals surface area (Å²) in [5.74, 6) is 1.69.